The van der Waals surface area contributed by atoms with E-state index in [2.05, 4.69) is 17.6 Å². The zero-order valence-electron chi connectivity index (χ0n) is 11.2. The van der Waals surface area contributed by atoms with Crippen LogP contribution in [0.2, 0.25) is 0 Å². The molecule has 0 aliphatic heterocycles. The monoisotopic (exact) mass is 256 g/mol. The summed E-state index contributed by atoms with van der Waals surface area (Å²) in [7, 11) is 0. The van der Waals surface area contributed by atoms with Gasteiger partial charge in [0, 0.05) is 19.0 Å². The molecule has 0 aromatic heterocycles. The second kappa shape index (κ2) is 7.24. The smallest absolute Gasteiger partial charge is 0.315 e. The number of amides is 2. The molecule has 0 aromatic rings. The summed E-state index contributed by atoms with van der Waals surface area (Å²) in [6.45, 7) is 4.29. The quantitative estimate of drug-likeness (QED) is 0.621. The molecule has 1 saturated carbocycles. The number of carboxylic acid groups (broad SMARTS) is 1. The predicted octanol–water partition coefficient (Wildman–Crippen LogP) is 1.98. The third-order valence-corrected chi connectivity index (χ3v) is 3.28. The van der Waals surface area contributed by atoms with Gasteiger partial charge >= 0.3 is 12.0 Å². The van der Waals surface area contributed by atoms with Crippen LogP contribution in [-0.4, -0.2) is 29.7 Å². The molecule has 2 amide bonds. The highest BCUT2D eigenvalue weighted by atomic mass is 16.4. The van der Waals surface area contributed by atoms with Gasteiger partial charge in [-0.2, -0.15) is 0 Å². The number of urea groups is 1. The van der Waals surface area contributed by atoms with Crippen LogP contribution in [0.15, 0.2) is 0 Å². The van der Waals surface area contributed by atoms with Crippen molar-refractivity contribution in [2.75, 3.05) is 6.54 Å². The second-order valence-electron chi connectivity index (χ2n) is 5.34. The Labute approximate surface area is 108 Å². The molecule has 2 atom stereocenters. The van der Waals surface area contributed by atoms with Crippen LogP contribution in [0.4, 0.5) is 4.79 Å². The van der Waals surface area contributed by atoms with Gasteiger partial charge in [-0.3, -0.25) is 4.79 Å². The number of hydrogen-bond acceptors (Lipinski definition) is 2. The summed E-state index contributed by atoms with van der Waals surface area (Å²) in [4.78, 5) is 22.1. The van der Waals surface area contributed by atoms with Crippen LogP contribution in [0.5, 0.6) is 0 Å². The lowest BCUT2D eigenvalue weighted by Crippen LogP contribution is -2.43. The molecule has 104 valence electrons. The maximum atomic E-state index is 11.6. The van der Waals surface area contributed by atoms with Crippen LogP contribution in [0.1, 0.15) is 46.0 Å². The SMILES string of the molecule is CCC(CC1CC1)NC(=O)NCC(C)CC(=O)O. The number of aliphatic carboxylic acids is 1. The minimum atomic E-state index is -0.829. The summed E-state index contributed by atoms with van der Waals surface area (Å²) in [5.74, 6) is -0.0807. The van der Waals surface area contributed by atoms with E-state index in [1.54, 1.807) is 0 Å². The van der Waals surface area contributed by atoms with Crippen molar-refractivity contribution in [2.45, 2.75) is 52.0 Å². The molecule has 0 saturated heterocycles. The van der Waals surface area contributed by atoms with Gasteiger partial charge < -0.3 is 15.7 Å². The summed E-state index contributed by atoms with van der Waals surface area (Å²) in [6.07, 6.45) is 4.66. The lowest BCUT2D eigenvalue weighted by molar-refractivity contribution is -0.137. The Morgan fingerprint density at radius 2 is 2.06 bits per heavy atom. The highest BCUT2D eigenvalue weighted by molar-refractivity contribution is 5.74. The third kappa shape index (κ3) is 6.47. The third-order valence-electron chi connectivity index (χ3n) is 3.28. The van der Waals surface area contributed by atoms with Gasteiger partial charge in [-0.1, -0.05) is 26.7 Å². The van der Waals surface area contributed by atoms with Crippen LogP contribution < -0.4 is 10.6 Å². The molecule has 0 aromatic carbocycles. The minimum Gasteiger partial charge on any atom is -0.481 e. The standard InChI is InChI=1S/C13H24N2O3/c1-3-11(7-10-4-5-10)15-13(18)14-8-9(2)6-12(16)17/h9-11H,3-8H2,1-2H3,(H,16,17)(H2,14,15,18). The number of rotatable bonds is 8. The molecular formula is C13H24N2O3. The molecule has 1 aliphatic carbocycles. The Morgan fingerprint density at radius 3 is 2.56 bits per heavy atom. The van der Waals surface area contributed by atoms with Crippen molar-refractivity contribution in [3.63, 3.8) is 0 Å². The summed E-state index contributed by atoms with van der Waals surface area (Å²) < 4.78 is 0. The Hall–Kier alpha value is -1.26. The maximum absolute atomic E-state index is 11.6. The first-order valence-electron chi connectivity index (χ1n) is 6.77. The van der Waals surface area contributed by atoms with Crippen LogP contribution in [0, 0.1) is 11.8 Å². The fourth-order valence-electron chi connectivity index (χ4n) is 1.96. The van der Waals surface area contributed by atoms with Crippen molar-refractivity contribution in [2.24, 2.45) is 11.8 Å². The van der Waals surface area contributed by atoms with Gasteiger partial charge in [0.1, 0.15) is 0 Å². The first kappa shape index (κ1) is 14.8. The van der Waals surface area contributed by atoms with E-state index in [9.17, 15) is 9.59 Å². The molecule has 1 rings (SSSR count). The average Bonchev–Trinajstić information content (AvgIpc) is 3.08. The molecule has 1 aliphatic rings. The van der Waals surface area contributed by atoms with Gasteiger partial charge in [0.2, 0.25) is 0 Å². The fourth-order valence-corrected chi connectivity index (χ4v) is 1.96. The molecule has 0 heterocycles. The van der Waals surface area contributed by atoms with Crippen molar-refractivity contribution in [3.8, 4) is 0 Å². The molecule has 1 fully saturated rings. The van der Waals surface area contributed by atoms with E-state index < -0.39 is 5.97 Å². The molecule has 18 heavy (non-hydrogen) atoms. The first-order valence-corrected chi connectivity index (χ1v) is 6.77. The van der Waals surface area contributed by atoms with Crippen LogP contribution >= 0.6 is 0 Å². The molecular weight excluding hydrogens is 232 g/mol. The van der Waals surface area contributed by atoms with Gasteiger partial charge in [-0.25, -0.2) is 4.79 Å². The number of carboxylic acids is 1. The lowest BCUT2D eigenvalue weighted by atomic mass is 10.1. The largest absolute Gasteiger partial charge is 0.481 e. The Balaban J connectivity index is 2.16. The Bertz CT molecular complexity index is 290. The maximum Gasteiger partial charge on any atom is 0.315 e. The first-order chi connectivity index (χ1) is 8.51. The van der Waals surface area contributed by atoms with E-state index in [-0.39, 0.29) is 24.4 Å². The van der Waals surface area contributed by atoms with E-state index in [1.807, 2.05) is 6.92 Å². The summed E-state index contributed by atoms with van der Waals surface area (Å²) in [6, 6.07) is 0.0621. The fraction of sp³-hybridized carbons (Fsp3) is 0.846. The van der Waals surface area contributed by atoms with Gasteiger partial charge in [0.05, 0.1) is 0 Å². The van der Waals surface area contributed by atoms with Crippen LogP contribution in [-0.2, 0) is 4.79 Å². The van der Waals surface area contributed by atoms with Crippen molar-refractivity contribution in [1.82, 2.24) is 10.6 Å². The molecule has 0 radical (unpaired) electrons. The number of nitrogens with one attached hydrogen (secondary N) is 2. The van der Waals surface area contributed by atoms with E-state index in [4.69, 9.17) is 5.11 Å². The zero-order chi connectivity index (χ0) is 13.5. The molecule has 5 heteroatoms. The Kier molecular flexibility index (Phi) is 5.95. The summed E-state index contributed by atoms with van der Waals surface area (Å²) >= 11 is 0. The zero-order valence-corrected chi connectivity index (χ0v) is 11.2. The number of carbonyl (C=O) groups is 2. The van der Waals surface area contributed by atoms with Crippen molar-refractivity contribution in [1.29, 1.82) is 0 Å². The van der Waals surface area contributed by atoms with Gasteiger partial charge in [-0.05, 0) is 24.7 Å². The predicted molar refractivity (Wildman–Crippen MR) is 69.4 cm³/mol. The Morgan fingerprint density at radius 1 is 1.39 bits per heavy atom. The van der Waals surface area contributed by atoms with Crippen molar-refractivity contribution >= 4 is 12.0 Å². The van der Waals surface area contributed by atoms with Crippen LogP contribution in [0.25, 0.3) is 0 Å². The molecule has 0 spiro atoms. The molecule has 2 unspecified atom stereocenters. The van der Waals surface area contributed by atoms with E-state index in [1.165, 1.54) is 12.8 Å². The minimum absolute atomic E-state index is 0.0447. The normalized spacial score (nSPS) is 17.9. The number of carbonyl (C=O) groups excluding carboxylic acids is 1. The molecule has 3 N–H and O–H groups in total. The lowest BCUT2D eigenvalue weighted by Gasteiger charge is -2.18. The van der Waals surface area contributed by atoms with Crippen molar-refractivity contribution in [3.05, 3.63) is 0 Å². The highest BCUT2D eigenvalue weighted by Crippen LogP contribution is 2.33. The highest BCUT2D eigenvalue weighted by Gasteiger charge is 2.25. The van der Waals surface area contributed by atoms with Crippen LogP contribution in [0.3, 0.4) is 0 Å². The van der Waals surface area contributed by atoms with Gasteiger partial charge in [0.25, 0.3) is 0 Å². The topological polar surface area (TPSA) is 78.4 Å². The summed E-state index contributed by atoms with van der Waals surface area (Å²) in [5.41, 5.74) is 0. The second-order valence-corrected chi connectivity index (χ2v) is 5.34. The van der Waals surface area contributed by atoms with E-state index in [0.29, 0.717) is 6.54 Å². The van der Waals surface area contributed by atoms with Gasteiger partial charge in [-0.15, -0.1) is 0 Å². The number of hydrogen-bond donors (Lipinski definition) is 3. The van der Waals surface area contributed by atoms with Gasteiger partial charge in [0.15, 0.2) is 0 Å². The van der Waals surface area contributed by atoms with Crippen molar-refractivity contribution < 1.29 is 14.7 Å². The molecule has 5 nitrogen and oxygen atoms in total. The molecule has 0 bridgehead atoms. The van der Waals surface area contributed by atoms with E-state index >= 15 is 0 Å². The van der Waals surface area contributed by atoms with E-state index in [0.717, 1.165) is 18.8 Å². The average molecular weight is 256 g/mol. The summed E-state index contributed by atoms with van der Waals surface area (Å²) in [5, 5.41) is 14.3.